The fraction of sp³-hybridized carbons (Fsp3) is 0.250. The normalized spacial score (nSPS) is 9.95. The molecule has 0 N–H and O–H groups in total. The summed E-state index contributed by atoms with van der Waals surface area (Å²) in [6, 6.07) is 6.62. The van der Waals surface area contributed by atoms with E-state index in [9.17, 15) is 14.9 Å². The molecule has 0 unspecified atom stereocenters. The van der Waals surface area contributed by atoms with Gasteiger partial charge in [0, 0.05) is 28.3 Å². The number of nitro benzene ring substituents is 1. The van der Waals surface area contributed by atoms with Crippen LogP contribution in [0.2, 0.25) is 0 Å². The highest BCUT2D eigenvalue weighted by atomic mass is 79.9. The predicted octanol–water partition coefficient (Wildman–Crippen LogP) is -0.306. The van der Waals surface area contributed by atoms with E-state index in [1.54, 1.807) is 23.6 Å². The molecule has 6 heteroatoms. The van der Waals surface area contributed by atoms with Gasteiger partial charge in [-0.3, -0.25) is 14.9 Å². The van der Waals surface area contributed by atoms with Gasteiger partial charge in [-0.1, -0.05) is 12.1 Å². The van der Waals surface area contributed by atoms with Crippen LogP contribution in [0.3, 0.4) is 0 Å². The van der Waals surface area contributed by atoms with E-state index in [1.165, 1.54) is 6.07 Å². The van der Waals surface area contributed by atoms with Crippen LogP contribution in [0.4, 0.5) is 5.69 Å². The summed E-state index contributed by atoms with van der Waals surface area (Å²) >= 11 is 0. The molecule has 116 valence electrons. The van der Waals surface area contributed by atoms with Crippen molar-refractivity contribution in [1.29, 1.82) is 0 Å². The monoisotopic (exact) mass is 364 g/mol. The van der Waals surface area contributed by atoms with Gasteiger partial charge in [-0.15, -0.1) is 0 Å². The number of nitrogens with zero attached hydrogens (tertiary/aromatic N) is 2. The lowest BCUT2D eigenvalue weighted by atomic mass is 10.1. The number of hydrogen-bond donors (Lipinski definition) is 0. The van der Waals surface area contributed by atoms with E-state index >= 15 is 0 Å². The van der Waals surface area contributed by atoms with Crippen molar-refractivity contribution in [1.82, 2.24) is 0 Å². The number of halogens is 1. The summed E-state index contributed by atoms with van der Waals surface area (Å²) in [5, 5.41) is 10.9. The topological polar surface area (TPSA) is 64.1 Å². The van der Waals surface area contributed by atoms with Crippen LogP contribution in [-0.4, -0.2) is 10.7 Å². The lowest BCUT2D eigenvalue weighted by Gasteiger charge is -2.02. The van der Waals surface area contributed by atoms with Crippen LogP contribution in [0.1, 0.15) is 27.0 Å². The molecule has 0 spiro atoms. The highest BCUT2D eigenvalue weighted by molar-refractivity contribution is 5.95. The fourth-order valence-corrected chi connectivity index (χ4v) is 2.32. The molecule has 1 aromatic heterocycles. The van der Waals surface area contributed by atoms with Crippen molar-refractivity contribution in [2.75, 3.05) is 0 Å². The third-order valence-electron chi connectivity index (χ3n) is 3.25. The van der Waals surface area contributed by atoms with E-state index in [0.29, 0.717) is 11.1 Å². The fourth-order valence-electron chi connectivity index (χ4n) is 2.32. The van der Waals surface area contributed by atoms with E-state index < -0.39 is 4.92 Å². The number of ketones is 1. The maximum Gasteiger partial charge on any atom is 0.273 e. The molecule has 0 saturated carbocycles. The smallest absolute Gasteiger partial charge is 0.273 e. The summed E-state index contributed by atoms with van der Waals surface area (Å²) in [5.41, 5.74) is 3.02. The van der Waals surface area contributed by atoms with Crippen LogP contribution in [-0.2, 0) is 6.54 Å². The number of benzene rings is 1. The zero-order valence-electron chi connectivity index (χ0n) is 12.7. The number of aromatic nitrogens is 1. The average Bonchev–Trinajstić information content (AvgIpc) is 2.37. The Balaban J connectivity index is 0.00000242. The highest BCUT2D eigenvalue weighted by Crippen LogP contribution is 2.19. The number of nitro groups is 1. The molecular formula is C16H17BrN2O3. The molecule has 0 saturated heterocycles. The van der Waals surface area contributed by atoms with Crippen molar-refractivity contribution in [2.45, 2.75) is 27.3 Å². The number of hydrogen-bond acceptors (Lipinski definition) is 3. The van der Waals surface area contributed by atoms with Gasteiger partial charge in [0.25, 0.3) is 5.69 Å². The maximum absolute atomic E-state index is 12.3. The minimum absolute atomic E-state index is 0. The van der Waals surface area contributed by atoms with E-state index in [4.69, 9.17) is 0 Å². The van der Waals surface area contributed by atoms with E-state index in [-0.39, 0.29) is 35.0 Å². The largest absolute Gasteiger partial charge is 1.00 e. The first-order chi connectivity index (χ1) is 9.86. The van der Waals surface area contributed by atoms with E-state index in [0.717, 1.165) is 11.1 Å². The van der Waals surface area contributed by atoms with Gasteiger partial charge in [0.05, 0.1) is 4.92 Å². The van der Waals surface area contributed by atoms with Gasteiger partial charge in [0.1, 0.15) is 0 Å². The summed E-state index contributed by atoms with van der Waals surface area (Å²) < 4.78 is 1.80. The maximum atomic E-state index is 12.3. The van der Waals surface area contributed by atoms with Gasteiger partial charge in [-0.25, -0.2) is 0 Å². The highest BCUT2D eigenvalue weighted by Gasteiger charge is 2.18. The van der Waals surface area contributed by atoms with Crippen molar-refractivity contribution in [3.63, 3.8) is 0 Å². The second kappa shape index (κ2) is 7.26. The van der Waals surface area contributed by atoms with Crippen LogP contribution >= 0.6 is 0 Å². The number of carbonyl (C=O) groups is 1. The third kappa shape index (κ3) is 4.21. The van der Waals surface area contributed by atoms with Crippen molar-refractivity contribution < 1.29 is 31.3 Å². The number of aryl methyl sites for hydroxylation is 3. The Bertz CT molecular complexity index is 709. The molecular weight excluding hydrogens is 348 g/mol. The summed E-state index contributed by atoms with van der Waals surface area (Å²) in [7, 11) is 0. The Hall–Kier alpha value is -2.08. The van der Waals surface area contributed by atoms with Gasteiger partial charge in [-0.2, -0.15) is 4.57 Å². The second-order valence-corrected chi connectivity index (χ2v) is 5.24. The summed E-state index contributed by atoms with van der Waals surface area (Å²) in [5.74, 6) is -0.145. The van der Waals surface area contributed by atoms with Crippen LogP contribution in [0.15, 0.2) is 36.7 Å². The van der Waals surface area contributed by atoms with Crippen LogP contribution < -0.4 is 21.5 Å². The molecule has 0 aliphatic rings. The standard InChI is InChI=1S/C16H17N2O3.BrH/c1-11-6-12(2)9-17(8-11)10-16(19)14-5-4-13(3)15(7-14)18(20)21;/h4-9H,10H2,1-3H3;1H/q+1;/p-1. The van der Waals surface area contributed by atoms with Gasteiger partial charge in [0.15, 0.2) is 12.4 Å². The summed E-state index contributed by atoms with van der Waals surface area (Å²) in [4.78, 5) is 22.8. The van der Waals surface area contributed by atoms with Crippen LogP contribution in [0.5, 0.6) is 0 Å². The van der Waals surface area contributed by atoms with Gasteiger partial charge in [0.2, 0.25) is 12.3 Å². The molecule has 1 heterocycles. The molecule has 2 rings (SSSR count). The number of pyridine rings is 1. The van der Waals surface area contributed by atoms with Gasteiger partial charge in [-0.05, 0) is 26.8 Å². The molecule has 0 radical (unpaired) electrons. The molecule has 2 aromatic rings. The molecule has 0 fully saturated rings. The molecule has 5 nitrogen and oxygen atoms in total. The lowest BCUT2D eigenvalue weighted by molar-refractivity contribution is -0.683. The molecule has 22 heavy (non-hydrogen) atoms. The lowest BCUT2D eigenvalue weighted by Crippen LogP contribution is -3.00. The molecule has 1 aromatic carbocycles. The minimum atomic E-state index is -0.462. The first-order valence-electron chi connectivity index (χ1n) is 6.62. The SMILES string of the molecule is Cc1cc(C)c[n+](CC(=O)c2ccc(C)c([N+](=O)[O-])c2)c1.[Br-]. The Morgan fingerprint density at radius 2 is 1.73 bits per heavy atom. The van der Waals surface area contributed by atoms with E-state index in [1.807, 2.05) is 32.3 Å². The summed E-state index contributed by atoms with van der Waals surface area (Å²) in [6.07, 6.45) is 3.76. The first kappa shape index (κ1) is 18.0. The van der Waals surface area contributed by atoms with Gasteiger partial charge < -0.3 is 17.0 Å². The van der Waals surface area contributed by atoms with Crippen molar-refractivity contribution in [3.8, 4) is 0 Å². The molecule has 0 bridgehead atoms. The van der Waals surface area contributed by atoms with Crippen LogP contribution in [0.25, 0.3) is 0 Å². The molecule has 0 atom stereocenters. The Labute approximate surface area is 139 Å². The predicted molar refractivity (Wildman–Crippen MR) is 78.3 cm³/mol. The minimum Gasteiger partial charge on any atom is -1.00 e. The first-order valence-corrected chi connectivity index (χ1v) is 6.62. The molecule has 0 aliphatic carbocycles. The Morgan fingerprint density at radius 3 is 2.27 bits per heavy atom. The zero-order valence-corrected chi connectivity index (χ0v) is 14.3. The van der Waals surface area contributed by atoms with Crippen LogP contribution in [0, 0.1) is 30.9 Å². The van der Waals surface area contributed by atoms with Crippen molar-refractivity contribution in [3.05, 3.63) is 69.0 Å². The van der Waals surface area contributed by atoms with Gasteiger partial charge >= 0.3 is 0 Å². The molecule has 0 amide bonds. The number of carbonyl (C=O) groups excluding carboxylic acids is 1. The third-order valence-corrected chi connectivity index (χ3v) is 3.25. The Morgan fingerprint density at radius 1 is 1.14 bits per heavy atom. The van der Waals surface area contributed by atoms with Crippen molar-refractivity contribution in [2.24, 2.45) is 0 Å². The van der Waals surface area contributed by atoms with E-state index in [2.05, 4.69) is 0 Å². The number of rotatable bonds is 4. The second-order valence-electron chi connectivity index (χ2n) is 5.24. The van der Waals surface area contributed by atoms with Crippen molar-refractivity contribution >= 4 is 11.5 Å². The quantitative estimate of drug-likeness (QED) is 0.323. The molecule has 0 aliphatic heterocycles. The Kier molecular flexibility index (Phi) is 5.93. The average molecular weight is 365 g/mol. The number of Topliss-reactive ketones (excluding diaryl/α,β-unsaturated/α-hetero) is 1. The summed E-state index contributed by atoms with van der Waals surface area (Å²) in [6.45, 7) is 5.75. The zero-order chi connectivity index (χ0) is 15.6.